The van der Waals surface area contributed by atoms with Gasteiger partial charge < -0.3 is 10.2 Å². The van der Waals surface area contributed by atoms with Crippen LogP contribution in [-0.2, 0) is 6.54 Å². The molecule has 110 valence electrons. The van der Waals surface area contributed by atoms with Crippen LogP contribution in [0.25, 0.3) is 0 Å². The molecule has 0 bridgehead atoms. The van der Waals surface area contributed by atoms with Gasteiger partial charge in [-0.3, -0.25) is 0 Å². The molecule has 0 aliphatic carbocycles. The number of hydrogen-bond donors (Lipinski definition) is 1. The summed E-state index contributed by atoms with van der Waals surface area (Å²) >= 11 is 1.81. The van der Waals surface area contributed by atoms with Crippen molar-refractivity contribution in [2.75, 3.05) is 25.0 Å². The van der Waals surface area contributed by atoms with Gasteiger partial charge in [0.25, 0.3) is 0 Å². The lowest BCUT2D eigenvalue weighted by Gasteiger charge is -2.26. The molecule has 1 N–H and O–H groups in total. The minimum Gasteiger partial charge on any atom is -0.351 e. The number of aryl methyl sites for hydroxylation is 1. The minimum absolute atomic E-state index is 0.296. The monoisotopic (exact) mass is 283 g/mol. The Labute approximate surface area is 122 Å². The summed E-state index contributed by atoms with van der Waals surface area (Å²) in [6, 6.07) is 0. The summed E-state index contributed by atoms with van der Waals surface area (Å²) in [7, 11) is 2.13. The Kier molecular flexibility index (Phi) is 5.81. The van der Waals surface area contributed by atoms with Gasteiger partial charge in [0.15, 0.2) is 5.13 Å². The van der Waals surface area contributed by atoms with Gasteiger partial charge in [0.05, 0.1) is 5.69 Å². The molecule has 0 saturated heterocycles. The van der Waals surface area contributed by atoms with Gasteiger partial charge in [-0.1, -0.05) is 34.6 Å². The third-order valence-electron chi connectivity index (χ3n) is 2.76. The molecule has 0 fully saturated rings. The number of thiazole rings is 1. The van der Waals surface area contributed by atoms with Crippen LogP contribution in [0.4, 0.5) is 5.13 Å². The smallest absolute Gasteiger partial charge is 0.185 e. The molecule has 4 heteroatoms. The summed E-state index contributed by atoms with van der Waals surface area (Å²) < 4.78 is 0. The molecule has 0 aliphatic heterocycles. The van der Waals surface area contributed by atoms with Gasteiger partial charge >= 0.3 is 0 Å². The molecule has 1 rings (SSSR count). The van der Waals surface area contributed by atoms with Crippen molar-refractivity contribution in [3.63, 3.8) is 0 Å². The number of hydrogen-bond acceptors (Lipinski definition) is 4. The van der Waals surface area contributed by atoms with E-state index < -0.39 is 0 Å². The Bertz CT molecular complexity index is 391. The van der Waals surface area contributed by atoms with Crippen molar-refractivity contribution < 1.29 is 0 Å². The van der Waals surface area contributed by atoms with Crippen molar-refractivity contribution in [3.8, 4) is 0 Å². The lowest BCUT2D eigenvalue weighted by atomic mass is 9.96. The molecule has 0 radical (unpaired) electrons. The normalized spacial score (nSPS) is 12.2. The number of rotatable bonds is 6. The largest absolute Gasteiger partial charge is 0.351 e. The van der Waals surface area contributed by atoms with Crippen molar-refractivity contribution in [3.05, 3.63) is 10.6 Å². The van der Waals surface area contributed by atoms with Crippen molar-refractivity contribution in [1.29, 1.82) is 0 Å². The van der Waals surface area contributed by atoms with Crippen LogP contribution >= 0.6 is 11.3 Å². The first-order valence-corrected chi connectivity index (χ1v) is 7.89. The fraction of sp³-hybridized carbons (Fsp3) is 0.800. The molecule has 0 aliphatic rings. The fourth-order valence-electron chi connectivity index (χ4n) is 1.99. The van der Waals surface area contributed by atoms with Crippen LogP contribution in [0.1, 0.15) is 45.2 Å². The average Bonchev–Trinajstić information content (AvgIpc) is 2.57. The van der Waals surface area contributed by atoms with Gasteiger partial charge in [0, 0.05) is 25.0 Å². The molecular formula is C15H29N3S. The van der Waals surface area contributed by atoms with Crippen LogP contribution < -0.4 is 10.2 Å². The highest BCUT2D eigenvalue weighted by Gasteiger charge is 2.17. The van der Waals surface area contributed by atoms with Gasteiger partial charge in [0.2, 0.25) is 0 Å². The van der Waals surface area contributed by atoms with E-state index in [1.807, 2.05) is 11.3 Å². The number of aromatic nitrogens is 1. The number of anilines is 1. The molecule has 3 nitrogen and oxygen atoms in total. The lowest BCUT2D eigenvalue weighted by Crippen LogP contribution is -2.28. The molecule has 1 heterocycles. The first kappa shape index (κ1) is 16.4. The maximum atomic E-state index is 4.70. The number of nitrogens with zero attached hydrogens (tertiary/aromatic N) is 2. The summed E-state index contributed by atoms with van der Waals surface area (Å²) in [6.45, 7) is 16.4. The summed E-state index contributed by atoms with van der Waals surface area (Å²) in [4.78, 5) is 8.32. The van der Waals surface area contributed by atoms with Crippen LogP contribution in [0.3, 0.4) is 0 Å². The Hall–Kier alpha value is -0.610. The molecule has 1 aromatic rings. The van der Waals surface area contributed by atoms with Gasteiger partial charge in [-0.25, -0.2) is 4.98 Å². The van der Waals surface area contributed by atoms with E-state index in [-0.39, 0.29) is 0 Å². The quantitative estimate of drug-likeness (QED) is 0.863. The first-order valence-electron chi connectivity index (χ1n) is 7.07. The lowest BCUT2D eigenvalue weighted by molar-refractivity contribution is 0.418. The molecule has 0 spiro atoms. The molecule has 19 heavy (non-hydrogen) atoms. The second-order valence-corrected chi connectivity index (χ2v) is 8.01. The zero-order valence-corrected chi connectivity index (χ0v) is 14.3. The van der Waals surface area contributed by atoms with E-state index in [0.717, 1.165) is 30.5 Å². The Morgan fingerprint density at radius 1 is 1.32 bits per heavy atom. The topological polar surface area (TPSA) is 28.2 Å². The maximum absolute atomic E-state index is 4.70. The third kappa shape index (κ3) is 5.91. The SMILES string of the molecule is Cc1nc(N(C)CC(C)(C)C)sc1CNCC(C)C. The molecule has 0 saturated carbocycles. The van der Waals surface area contributed by atoms with Crippen molar-refractivity contribution >= 4 is 16.5 Å². The van der Waals surface area contributed by atoms with Gasteiger partial charge in [-0.05, 0) is 24.8 Å². The van der Waals surface area contributed by atoms with Crippen LogP contribution in [0, 0.1) is 18.3 Å². The second kappa shape index (κ2) is 6.71. The predicted molar refractivity (Wildman–Crippen MR) is 86.1 cm³/mol. The van der Waals surface area contributed by atoms with Gasteiger partial charge in [0.1, 0.15) is 0 Å². The standard InChI is InChI=1S/C15H29N3S/c1-11(2)8-16-9-13-12(3)17-14(19-13)18(7)10-15(4,5)6/h11,16H,8-10H2,1-7H3. The second-order valence-electron chi connectivity index (χ2n) is 6.95. The van der Waals surface area contributed by atoms with Crippen LogP contribution in [-0.4, -0.2) is 25.1 Å². The first-order chi connectivity index (χ1) is 8.69. The van der Waals surface area contributed by atoms with E-state index in [4.69, 9.17) is 4.98 Å². The zero-order chi connectivity index (χ0) is 14.6. The van der Waals surface area contributed by atoms with Crippen LogP contribution in [0.15, 0.2) is 0 Å². The predicted octanol–water partition coefficient (Wildman–Crippen LogP) is 3.68. The van der Waals surface area contributed by atoms with E-state index in [1.54, 1.807) is 0 Å². The average molecular weight is 283 g/mol. The highest BCUT2D eigenvalue weighted by molar-refractivity contribution is 7.15. The molecule has 1 aromatic heterocycles. The molecule has 0 unspecified atom stereocenters. The molecule has 0 amide bonds. The third-order valence-corrected chi connectivity index (χ3v) is 4.03. The van der Waals surface area contributed by atoms with E-state index in [9.17, 15) is 0 Å². The van der Waals surface area contributed by atoms with Crippen LogP contribution in [0.5, 0.6) is 0 Å². The highest BCUT2D eigenvalue weighted by Crippen LogP contribution is 2.27. The van der Waals surface area contributed by atoms with Gasteiger partial charge in [-0.15, -0.1) is 11.3 Å². The zero-order valence-electron chi connectivity index (χ0n) is 13.5. The van der Waals surface area contributed by atoms with Crippen LogP contribution in [0.2, 0.25) is 0 Å². The van der Waals surface area contributed by atoms with E-state index >= 15 is 0 Å². The Morgan fingerprint density at radius 2 is 1.95 bits per heavy atom. The van der Waals surface area contributed by atoms with Crippen molar-refractivity contribution in [2.24, 2.45) is 11.3 Å². The highest BCUT2D eigenvalue weighted by atomic mass is 32.1. The van der Waals surface area contributed by atoms with Crippen molar-refractivity contribution in [2.45, 2.75) is 48.1 Å². The minimum atomic E-state index is 0.296. The summed E-state index contributed by atoms with van der Waals surface area (Å²) in [5.41, 5.74) is 1.46. The van der Waals surface area contributed by atoms with Crippen molar-refractivity contribution in [1.82, 2.24) is 10.3 Å². The van der Waals surface area contributed by atoms with E-state index in [1.165, 1.54) is 4.88 Å². The van der Waals surface area contributed by atoms with E-state index in [0.29, 0.717) is 11.3 Å². The Balaban J connectivity index is 2.62. The Morgan fingerprint density at radius 3 is 2.47 bits per heavy atom. The summed E-state index contributed by atoms with van der Waals surface area (Å²) in [5.74, 6) is 0.691. The summed E-state index contributed by atoms with van der Waals surface area (Å²) in [6.07, 6.45) is 0. The van der Waals surface area contributed by atoms with E-state index in [2.05, 4.69) is 58.8 Å². The fourth-order valence-corrected chi connectivity index (χ4v) is 2.98. The molecule has 0 aromatic carbocycles. The molecule has 0 atom stereocenters. The maximum Gasteiger partial charge on any atom is 0.185 e. The van der Waals surface area contributed by atoms with Gasteiger partial charge in [-0.2, -0.15) is 0 Å². The summed E-state index contributed by atoms with van der Waals surface area (Å²) in [5, 5.41) is 4.63. The molecular weight excluding hydrogens is 254 g/mol. The number of nitrogens with one attached hydrogen (secondary N) is 1.